The number of nitrogens with zero attached hydrogens (tertiary/aromatic N) is 4. The summed E-state index contributed by atoms with van der Waals surface area (Å²) in [4.78, 5) is 20.8. The fraction of sp³-hybridized carbons (Fsp3) is 0.167. The Morgan fingerprint density at radius 3 is 2.57 bits per heavy atom. The smallest absolute Gasteiger partial charge is 0.416 e. The lowest BCUT2D eigenvalue weighted by Crippen LogP contribution is -2.26. The predicted molar refractivity (Wildman–Crippen MR) is 122 cm³/mol. The molecule has 0 radical (unpaired) electrons. The van der Waals surface area contributed by atoms with Gasteiger partial charge in [0.15, 0.2) is 5.65 Å². The van der Waals surface area contributed by atoms with Crippen LogP contribution in [-0.4, -0.2) is 44.1 Å². The highest BCUT2D eigenvalue weighted by Crippen LogP contribution is 2.32. The van der Waals surface area contributed by atoms with Crippen molar-refractivity contribution < 1.29 is 22.7 Å². The number of benzene rings is 2. The van der Waals surface area contributed by atoms with Gasteiger partial charge in [-0.05, 0) is 41.5 Å². The highest BCUT2D eigenvalue weighted by Gasteiger charge is 2.30. The maximum absolute atomic E-state index is 13.1. The number of carbonyl (C=O) groups excluding carboxylic acids is 1. The van der Waals surface area contributed by atoms with Crippen molar-refractivity contribution in [3.8, 4) is 17.1 Å². The first-order chi connectivity index (χ1) is 16.8. The number of hydrogen-bond donors (Lipinski definition) is 2. The van der Waals surface area contributed by atoms with Gasteiger partial charge in [0.05, 0.1) is 29.3 Å². The van der Waals surface area contributed by atoms with Crippen LogP contribution in [-0.2, 0) is 12.6 Å². The van der Waals surface area contributed by atoms with Crippen molar-refractivity contribution in [3.63, 3.8) is 0 Å². The zero-order chi connectivity index (χ0) is 24.6. The molecule has 0 aliphatic carbocycles. The Kier molecular flexibility index (Phi) is 5.59. The number of rotatable bonds is 6. The molecular weight excluding hydrogens is 461 g/mol. The molecule has 1 amide bonds. The first-order valence-corrected chi connectivity index (χ1v) is 10.7. The van der Waals surface area contributed by atoms with E-state index in [-0.39, 0.29) is 17.2 Å². The Hall–Kier alpha value is -4.41. The van der Waals surface area contributed by atoms with E-state index in [1.54, 1.807) is 12.3 Å². The normalized spacial score (nSPS) is 11.8. The molecule has 0 saturated heterocycles. The second-order valence-electron chi connectivity index (χ2n) is 7.80. The van der Waals surface area contributed by atoms with E-state index in [4.69, 9.17) is 4.74 Å². The summed E-state index contributed by atoms with van der Waals surface area (Å²) >= 11 is 0. The van der Waals surface area contributed by atoms with E-state index in [1.807, 2.05) is 24.3 Å². The molecule has 0 aliphatic rings. The molecule has 2 aromatic carbocycles. The third-order valence-electron chi connectivity index (χ3n) is 5.53. The number of para-hydroxylation sites is 2. The second kappa shape index (κ2) is 8.75. The number of halogens is 3. The van der Waals surface area contributed by atoms with Gasteiger partial charge in [-0.3, -0.25) is 9.20 Å². The first kappa shape index (κ1) is 22.4. The molecule has 0 spiro atoms. The highest BCUT2D eigenvalue weighted by molar-refractivity contribution is 6.01. The molecule has 3 heterocycles. The molecule has 11 heteroatoms. The number of fused-ring (bicyclic) bond motifs is 2. The van der Waals surface area contributed by atoms with Crippen LogP contribution >= 0.6 is 0 Å². The molecule has 0 fully saturated rings. The van der Waals surface area contributed by atoms with Gasteiger partial charge in [-0.1, -0.05) is 29.4 Å². The number of imidazole rings is 1. The molecule has 3 aromatic heterocycles. The van der Waals surface area contributed by atoms with E-state index < -0.39 is 17.6 Å². The van der Waals surface area contributed by atoms with Gasteiger partial charge >= 0.3 is 12.2 Å². The maximum atomic E-state index is 13.1. The molecule has 35 heavy (non-hydrogen) atoms. The van der Waals surface area contributed by atoms with Gasteiger partial charge in [0.2, 0.25) is 0 Å². The summed E-state index contributed by atoms with van der Waals surface area (Å²) in [7, 11) is 1.41. The summed E-state index contributed by atoms with van der Waals surface area (Å²) < 4.78 is 45.6. The predicted octanol–water partition coefficient (Wildman–Crippen LogP) is 4.27. The van der Waals surface area contributed by atoms with Crippen LogP contribution in [0.15, 0.2) is 60.8 Å². The molecule has 2 N–H and O–H groups in total. The third kappa shape index (κ3) is 4.39. The summed E-state index contributed by atoms with van der Waals surface area (Å²) in [5, 5.41) is 10.8. The number of nitrogens with one attached hydrogen (secondary N) is 2. The van der Waals surface area contributed by atoms with E-state index in [1.165, 1.54) is 23.6 Å². The molecule has 0 saturated carbocycles. The van der Waals surface area contributed by atoms with Crippen LogP contribution in [0.4, 0.5) is 13.2 Å². The largest absolute Gasteiger partial charge is 0.467 e. The van der Waals surface area contributed by atoms with Gasteiger partial charge in [-0.15, -0.1) is 5.10 Å². The van der Waals surface area contributed by atoms with Crippen LogP contribution < -0.4 is 10.1 Å². The number of aromatic amines is 1. The van der Waals surface area contributed by atoms with Gasteiger partial charge in [0.1, 0.15) is 5.82 Å². The van der Waals surface area contributed by atoms with Crippen LogP contribution in [0, 0.1) is 0 Å². The monoisotopic (exact) mass is 480 g/mol. The SMILES string of the molecule is COc1nnc2c(C(=O)NCCc3nc4ccccc4[nH]3)cc(-c3ccc(C(F)(F)F)cc3)cn12. The van der Waals surface area contributed by atoms with Gasteiger partial charge < -0.3 is 15.0 Å². The van der Waals surface area contributed by atoms with Crippen LogP contribution in [0.3, 0.4) is 0 Å². The molecule has 0 bridgehead atoms. The zero-order valence-electron chi connectivity index (χ0n) is 18.4. The van der Waals surface area contributed by atoms with Crippen LogP contribution in [0.2, 0.25) is 0 Å². The van der Waals surface area contributed by atoms with Crippen LogP contribution in [0.1, 0.15) is 21.7 Å². The number of ether oxygens (including phenoxy) is 1. The lowest BCUT2D eigenvalue weighted by Gasteiger charge is -2.11. The third-order valence-corrected chi connectivity index (χ3v) is 5.53. The summed E-state index contributed by atoms with van der Waals surface area (Å²) in [5.74, 6) is 0.328. The Morgan fingerprint density at radius 2 is 1.86 bits per heavy atom. The molecule has 0 unspecified atom stereocenters. The number of pyridine rings is 1. The molecule has 5 rings (SSSR count). The fourth-order valence-electron chi connectivity index (χ4n) is 3.80. The number of aromatic nitrogens is 5. The number of hydrogen-bond acceptors (Lipinski definition) is 5. The number of methoxy groups -OCH3 is 1. The van der Waals surface area contributed by atoms with Crippen LogP contribution in [0.25, 0.3) is 27.8 Å². The summed E-state index contributed by atoms with van der Waals surface area (Å²) in [5.41, 5.74) is 2.47. The zero-order valence-corrected chi connectivity index (χ0v) is 18.4. The lowest BCUT2D eigenvalue weighted by molar-refractivity contribution is -0.137. The number of carbonyl (C=O) groups is 1. The summed E-state index contributed by atoms with van der Waals surface area (Å²) in [6, 6.07) is 14.0. The van der Waals surface area contributed by atoms with E-state index in [0.29, 0.717) is 24.1 Å². The Bertz CT molecular complexity index is 1490. The molecule has 178 valence electrons. The minimum Gasteiger partial charge on any atom is -0.467 e. The van der Waals surface area contributed by atoms with Crippen LogP contribution in [0.5, 0.6) is 6.01 Å². The Balaban J connectivity index is 1.42. The van der Waals surface area contributed by atoms with Crippen molar-refractivity contribution >= 4 is 22.6 Å². The second-order valence-corrected chi connectivity index (χ2v) is 7.80. The summed E-state index contributed by atoms with van der Waals surface area (Å²) in [6.07, 6.45) is -2.35. The van der Waals surface area contributed by atoms with Gasteiger partial charge in [-0.25, -0.2) is 4.98 Å². The van der Waals surface area contributed by atoms with Crippen molar-refractivity contribution in [1.29, 1.82) is 0 Å². The van der Waals surface area contributed by atoms with Crippen molar-refractivity contribution in [3.05, 3.63) is 77.7 Å². The van der Waals surface area contributed by atoms with Crippen molar-refractivity contribution in [2.75, 3.05) is 13.7 Å². The van der Waals surface area contributed by atoms with Crippen molar-refractivity contribution in [2.24, 2.45) is 0 Å². The van der Waals surface area contributed by atoms with E-state index in [9.17, 15) is 18.0 Å². The van der Waals surface area contributed by atoms with E-state index in [2.05, 4.69) is 25.5 Å². The first-order valence-electron chi connectivity index (χ1n) is 10.7. The van der Waals surface area contributed by atoms with Gasteiger partial charge in [-0.2, -0.15) is 13.2 Å². The molecule has 0 aliphatic heterocycles. The number of amides is 1. The Morgan fingerprint density at radius 1 is 1.09 bits per heavy atom. The quantitative estimate of drug-likeness (QED) is 0.378. The molecule has 8 nitrogen and oxygen atoms in total. The highest BCUT2D eigenvalue weighted by atomic mass is 19.4. The fourth-order valence-corrected chi connectivity index (χ4v) is 3.80. The average molecular weight is 480 g/mol. The number of alkyl halides is 3. The summed E-state index contributed by atoms with van der Waals surface area (Å²) in [6.45, 7) is 0.306. The maximum Gasteiger partial charge on any atom is 0.416 e. The molecule has 0 atom stereocenters. The van der Waals surface area contributed by atoms with Crippen molar-refractivity contribution in [2.45, 2.75) is 12.6 Å². The lowest BCUT2D eigenvalue weighted by atomic mass is 10.0. The number of H-pyrrole nitrogens is 1. The van der Waals surface area contributed by atoms with Gasteiger partial charge in [0.25, 0.3) is 5.91 Å². The molecular formula is C24H19F3N6O2. The standard InChI is InChI=1S/C24H19F3N6O2/c1-35-23-32-31-21-17(22(34)28-11-10-20-29-18-4-2-3-5-19(18)30-20)12-15(13-33(21)23)14-6-8-16(9-7-14)24(25,26)27/h2-9,12-13H,10-11H2,1H3,(H,28,34)(H,29,30). The van der Waals surface area contributed by atoms with E-state index >= 15 is 0 Å². The van der Waals surface area contributed by atoms with E-state index in [0.717, 1.165) is 29.0 Å². The van der Waals surface area contributed by atoms with Crippen molar-refractivity contribution in [1.82, 2.24) is 29.9 Å². The van der Waals surface area contributed by atoms with Gasteiger partial charge in [0, 0.05) is 19.2 Å². The average Bonchev–Trinajstić information content (AvgIpc) is 3.46. The topological polar surface area (TPSA) is 97.2 Å². The Labute approximate surface area is 196 Å². The minimum atomic E-state index is -4.44. The minimum absolute atomic E-state index is 0.144. The molecule has 5 aromatic rings.